The summed E-state index contributed by atoms with van der Waals surface area (Å²) in [5.74, 6) is -1.44. The minimum atomic E-state index is -1.13. The van der Waals surface area contributed by atoms with E-state index in [1.54, 1.807) is 48.6 Å². The number of allylic oxidation sites excluding steroid dienone is 7. The lowest BCUT2D eigenvalue weighted by molar-refractivity contribution is -0.430. The van der Waals surface area contributed by atoms with Gasteiger partial charge in [-0.3, -0.25) is 14.4 Å². The van der Waals surface area contributed by atoms with Crippen LogP contribution in [0.4, 0.5) is 0 Å². The van der Waals surface area contributed by atoms with Gasteiger partial charge in [-0.1, -0.05) is 97.2 Å². The minimum absolute atomic E-state index is 0.140. The lowest BCUT2D eigenvalue weighted by Gasteiger charge is -2.21. The topological polar surface area (TPSA) is 74.3 Å². The van der Waals surface area contributed by atoms with Gasteiger partial charge in [0.1, 0.15) is 0 Å². The smallest absolute Gasteiger partial charge is 0.197 e. The van der Waals surface area contributed by atoms with Gasteiger partial charge >= 0.3 is 0 Å². The van der Waals surface area contributed by atoms with E-state index in [-0.39, 0.29) is 22.9 Å². The van der Waals surface area contributed by atoms with Crippen molar-refractivity contribution in [2.24, 2.45) is 5.92 Å². The summed E-state index contributed by atoms with van der Waals surface area (Å²) < 4.78 is 0. The first-order valence-corrected chi connectivity index (χ1v) is 12.1. The summed E-state index contributed by atoms with van der Waals surface area (Å²) >= 11 is 0. The Morgan fingerprint density at radius 3 is 1.68 bits per heavy atom. The molecule has 2 unspecified atom stereocenters. The molecule has 2 atom stereocenters. The molecule has 0 saturated carbocycles. The van der Waals surface area contributed by atoms with Crippen molar-refractivity contribution >= 4 is 38.9 Å². The second kappa shape index (κ2) is 9.08. The molecule has 0 radical (unpaired) electrons. The van der Waals surface area contributed by atoms with Crippen molar-refractivity contribution in [3.05, 3.63) is 143 Å². The summed E-state index contributed by atoms with van der Waals surface area (Å²) in [4.78, 5) is 38.4. The van der Waals surface area contributed by atoms with E-state index in [9.17, 15) is 19.5 Å². The molecule has 0 spiro atoms. The second-order valence-electron chi connectivity index (χ2n) is 9.24. The molecule has 2 aliphatic rings. The molecule has 4 heteroatoms. The van der Waals surface area contributed by atoms with Crippen molar-refractivity contribution < 1.29 is 19.5 Å². The number of carbonyl (C=O) groups excluding carboxylic acids is 3. The summed E-state index contributed by atoms with van der Waals surface area (Å²) in [6, 6.07) is 22.5. The lowest BCUT2D eigenvalue weighted by atomic mass is 10.0. The van der Waals surface area contributed by atoms with Gasteiger partial charge in [0, 0.05) is 22.6 Å². The normalized spacial score (nSPS) is 19.3. The zero-order chi connectivity index (χ0) is 25.5. The van der Waals surface area contributed by atoms with Gasteiger partial charge in [-0.2, -0.15) is 0 Å². The number of ketones is 3. The van der Waals surface area contributed by atoms with E-state index in [1.807, 2.05) is 60.7 Å². The van der Waals surface area contributed by atoms with Crippen molar-refractivity contribution in [2.75, 3.05) is 0 Å². The number of benzene rings is 4. The maximum atomic E-state index is 12.9. The molecule has 4 aromatic rings. The molecule has 37 heavy (non-hydrogen) atoms. The molecule has 0 bridgehead atoms. The summed E-state index contributed by atoms with van der Waals surface area (Å²) in [7, 11) is 0. The summed E-state index contributed by atoms with van der Waals surface area (Å²) in [6.07, 6.45) is 10.5. The van der Waals surface area contributed by atoms with Crippen molar-refractivity contribution in [1.82, 2.24) is 0 Å². The average Bonchev–Trinajstić information content (AvgIpc) is 3.29. The van der Waals surface area contributed by atoms with Gasteiger partial charge in [0.25, 0.3) is 0 Å². The number of hydrogen-bond donors (Lipinski definition) is 0. The molecule has 4 aromatic carbocycles. The first kappa shape index (κ1) is 22.8. The van der Waals surface area contributed by atoms with Gasteiger partial charge in [-0.15, -0.1) is 0 Å². The molecule has 4 nitrogen and oxygen atoms in total. The third kappa shape index (κ3) is 3.88. The van der Waals surface area contributed by atoms with Gasteiger partial charge in [0.05, 0.1) is 5.57 Å². The number of carbonyl (C=O) groups is 3. The Kier molecular flexibility index (Phi) is 5.59. The third-order valence-electron chi connectivity index (χ3n) is 7.01. The third-order valence-corrected chi connectivity index (χ3v) is 7.01. The molecule has 0 N–H and O–H groups in total. The van der Waals surface area contributed by atoms with Gasteiger partial charge in [0.2, 0.25) is 0 Å². The molecule has 0 aliphatic heterocycles. The Morgan fingerprint density at radius 2 is 1.08 bits per heavy atom. The van der Waals surface area contributed by atoms with Crippen molar-refractivity contribution in [3.63, 3.8) is 0 Å². The predicted octanol–water partition coefficient (Wildman–Crippen LogP) is 5.88. The molecule has 0 saturated heterocycles. The van der Waals surface area contributed by atoms with E-state index in [4.69, 9.17) is 0 Å². The number of hydrogen-bond acceptors (Lipinski definition) is 4. The highest BCUT2D eigenvalue weighted by molar-refractivity contribution is 6.40. The Hall–Kier alpha value is -4.67. The maximum Gasteiger partial charge on any atom is 0.197 e. The van der Waals surface area contributed by atoms with Crippen molar-refractivity contribution in [2.45, 2.75) is 6.10 Å². The highest BCUT2D eigenvalue weighted by Crippen LogP contribution is 2.37. The Bertz CT molecular complexity index is 1690. The Balaban J connectivity index is 1.14. The van der Waals surface area contributed by atoms with Crippen LogP contribution in [0.3, 0.4) is 0 Å². The number of Topliss-reactive ketones (excluding diaryl/α,β-unsaturated/α-hetero) is 3. The molecule has 0 aromatic heterocycles. The van der Waals surface area contributed by atoms with Gasteiger partial charge in [-0.05, 0) is 51.4 Å². The fourth-order valence-corrected chi connectivity index (χ4v) is 5.09. The standard InChI is InChI=1S/C33H21O4/c34-30-24(31(35)27-17-21-11-7-6-10-20(21)16-26(27)30)14-4-2-1-3-5-15-25-32(36)28-18-22-12-8-9-13-23(22)19-29(28)33(25)37/h1-19,24,30H/q-1/b2-1+,5-3+,14-4+. The zero-order valence-electron chi connectivity index (χ0n) is 19.8. The SMILES string of the molecule is O=C1C(=C/C=C/C=C/C=C/C2C(=O)c3cc4ccccc4cc3C2[O-])C(=O)c2cc3ccccc3cc21. The van der Waals surface area contributed by atoms with Crippen LogP contribution in [-0.4, -0.2) is 17.3 Å². The Morgan fingerprint density at radius 1 is 0.595 bits per heavy atom. The molecular weight excluding hydrogens is 460 g/mol. The highest BCUT2D eigenvalue weighted by Gasteiger charge is 2.33. The number of fused-ring (bicyclic) bond motifs is 4. The maximum absolute atomic E-state index is 12.9. The zero-order valence-corrected chi connectivity index (χ0v) is 19.8. The molecule has 0 amide bonds. The van der Waals surface area contributed by atoms with Crippen LogP contribution in [0.2, 0.25) is 0 Å². The molecule has 0 heterocycles. The average molecular weight is 482 g/mol. The van der Waals surface area contributed by atoms with Gasteiger partial charge in [-0.25, -0.2) is 0 Å². The fraction of sp³-hybridized carbons (Fsp3) is 0.0606. The van der Waals surface area contributed by atoms with Gasteiger partial charge in [0.15, 0.2) is 17.3 Å². The second-order valence-corrected chi connectivity index (χ2v) is 9.24. The Labute approximate surface area is 213 Å². The largest absolute Gasteiger partial charge is 0.848 e. The summed E-state index contributed by atoms with van der Waals surface area (Å²) in [5.41, 5.74) is 2.06. The van der Waals surface area contributed by atoms with Crippen LogP contribution in [0.1, 0.15) is 42.7 Å². The van der Waals surface area contributed by atoms with E-state index in [1.165, 1.54) is 6.08 Å². The van der Waals surface area contributed by atoms with Crippen LogP contribution >= 0.6 is 0 Å². The monoisotopic (exact) mass is 481 g/mol. The van der Waals surface area contributed by atoms with Crippen LogP contribution in [-0.2, 0) is 0 Å². The minimum Gasteiger partial charge on any atom is -0.848 e. The van der Waals surface area contributed by atoms with Gasteiger partial charge < -0.3 is 5.11 Å². The summed E-state index contributed by atoms with van der Waals surface area (Å²) in [6.45, 7) is 0. The van der Waals surface area contributed by atoms with E-state index in [0.29, 0.717) is 22.3 Å². The highest BCUT2D eigenvalue weighted by atomic mass is 16.3. The van der Waals surface area contributed by atoms with Crippen LogP contribution < -0.4 is 5.11 Å². The first-order valence-electron chi connectivity index (χ1n) is 12.1. The first-order chi connectivity index (χ1) is 18.0. The van der Waals surface area contributed by atoms with E-state index in [0.717, 1.165) is 21.5 Å². The molecule has 0 fully saturated rings. The van der Waals surface area contributed by atoms with Crippen LogP contribution in [0.25, 0.3) is 21.5 Å². The van der Waals surface area contributed by atoms with Crippen molar-refractivity contribution in [1.29, 1.82) is 0 Å². The van der Waals surface area contributed by atoms with Crippen LogP contribution in [0.5, 0.6) is 0 Å². The van der Waals surface area contributed by atoms with E-state index >= 15 is 0 Å². The van der Waals surface area contributed by atoms with Crippen molar-refractivity contribution in [3.8, 4) is 0 Å². The summed E-state index contributed by atoms with van der Waals surface area (Å²) in [5, 5.41) is 16.6. The van der Waals surface area contributed by atoms with Crippen LogP contribution in [0.15, 0.2) is 121 Å². The molecule has 2 aliphatic carbocycles. The molecular formula is C33H21O4-. The quantitative estimate of drug-likeness (QED) is 0.207. The number of rotatable bonds is 4. The fourth-order valence-electron chi connectivity index (χ4n) is 5.09. The van der Waals surface area contributed by atoms with E-state index in [2.05, 4.69) is 0 Å². The molecule has 6 rings (SSSR count). The van der Waals surface area contributed by atoms with E-state index < -0.39 is 12.0 Å². The van der Waals surface area contributed by atoms with Crippen LogP contribution in [0, 0.1) is 5.92 Å². The lowest BCUT2D eigenvalue weighted by Crippen LogP contribution is -2.22. The molecule has 178 valence electrons. The predicted molar refractivity (Wildman–Crippen MR) is 143 cm³/mol.